The lowest BCUT2D eigenvalue weighted by atomic mass is 10.1. The van der Waals surface area contributed by atoms with Gasteiger partial charge in [-0.3, -0.25) is 4.98 Å². The summed E-state index contributed by atoms with van der Waals surface area (Å²) in [6, 6.07) is 4.30. The van der Waals surface area contributed by atoms with Crippen molar-refractivity contribution in [3.63, 3.8) is 0 Å². The van der Waals surface area contributed by atoms with Crippen LogP contribution in [-0.2, 0) is 0 Å². The summed E-state index contributed by atoms with van der Waals surface area (Å²) in [6.07, 6.45) is 4.34. The molecule has 0 radical (unpaired) electrons. The molecule has 0 aliphatic carbocycles. The molecule has 0 fully saturated rings. The van der Waals surface area contributed by atoms with Crippen molar-refractivity contribution < 1.29 is 5.11 Å². The van der Waals surface area contributed by atoms with Crippen molar-refractivity contribution in [3.05, 3.63) is 30.1 Å². The van der Waals surface area contributed by atoms with Crippen molar-refractivity contribution >= 4 is 0 Å². The highest BCUT2D eigenvalue weighted by molar-refractivity contribution is 5.13. The standard InChI is InChI=1S/C12H20N2O/c1-10(11-4-7-13-8-5-11)14-9-6-12(2,3)15/h4-5,7-8,10,14-15H,6,9H2,1-3H3/t10-/m0/s1. The Labute approximate surface area is 91.5 Å². The first-order valence-corrected chi connectivity index (χ1v) is 5.35. The molecule has 0 aromatic carbocycles. The van der Waals surface area contributed by atoms with Crippen molar-refractivity contribution in [2.45, 2.75) is 38.8 Å². The molecule has 3 nitrogen and oxygen atoms in total. The summed E-state index contributed by atoms with van der Waals surface area (Å²) in [4.78, 5) is 3.98. The van der Waals surface area contributed by atoms with Gasteiger partial charge in [0.2, 0.25) is 0 Å². The van der Waals surface area contributed by atoms with Crippen molar-refractivity contribution in [2.24, 2.45) is 0 Å². The van der Waals surface area contributed by atoms with Gasteiger partial charge in [-0.15, -0.1) is 0 Å². The molecular weight excluding hydrogens is 188 g/mol. The third-order valence-electron chi connectivity index (χ3n) is 2.39. The van der Waals surface area contributed by atoms with Crippen LogP contribution in [0.25, 0.3) is 0 Å². The zero-order valence-electron chi connectivity index (χ0n) is 9.70. The van der Waals surface area contributed by atoms with E-state index in [0.29, 0.717) is 6.04 Å². The Kier molecular flexibility index (Phi) is 4.24. The Bertz CT molecular complexity index is 279. The topological polar surface area (TPSA) is 45.1 Å². The largest absolute Gasteiger partial charge is 0.390 e. The molecule has 1 aromatic heterocycles. The summed E-state index contributed by atoms with van der Waals surface area (Å²) in [5, 5.41) is 12.9. The lowest BCUT2D eigenvalue weighted by Gasteiger charge is -2.19. The highest BCUT2D eigenvalue weighted by Crippen LogP contribution is 2.11. The zero-order valence-corrected chi connectivity index (χ0v) is 9.70. The van der Waals surface area contributed by atoms with Crippen LogP contribution >= 0.6 is 0 Å². The lowest BCUT2D eigenvalue weighted by Crippen LogP contribution is -2.28. The van der Waals surface area contributed by atoms with Gasteiger partial charge in [-0.1, -0.05) is 0 Å². The second-order valence-corrected chi connectivity index (χ2v) is 4.52. The number of hydrogen-bond acceptors (Lipinski definition) is 3. The van der Waals surface area contributed by atoms with Gasteiger partial charge in [-0.25, -0.2) is 0 Å². The third kappa shape index (κ3) is 4.91. The summed E-state index contributed by atoms with van der Waals surface area (Å²) in [5.41, 5.74) is 0.631. The molecule has 1 rings (SSSR count). The summed E-state index contributed by atoms with van der Waals surface area (Å²) in [7, 11) is 0. The van der Waals surface area contributed by atoms with Crippen LogP contribution in [0.2, 0.25) is 0 Å². The van der Waals surface area contributed by atoms with Crippen LogP contribution in [0.15, 0.2) is 24.5 Å². The molecule has 1 heterocycles. The Morgan fingerprint density at radius 1 is 1.40 bits per heavy atom. The quantitative estimate of drug-likeness (QED) is 0.776. The van der Waals surface area contributed by atoms with Crippen LogP contribution < -0.4 is 5.32 Å². The molecule has 0 amide bonds. The molecule has 1 atom stereocenters. The van der Waals surface area contributed by atoms with Crippen molar-refractivity contribution in [1.29, 1.82) is 0 Å². The monoisotopic (exact) mass is 208 g/mol. The maximum Gasteiger partial charge on any atom is 0.0603 e. The van der Waals surface area contributed by atoms with Crippen LogP contribution in [-0.4, -0.2) is 22.2 Å². The normalized spacial score (nSPS) is 13.9. The highest BCUT2D eigenvalue weighted by Gasteiger charge is 2.12. The second kappa shape index (κ2) is 5.24. The lowest BCUT2D eigenvalue weighted by molar-refractivity contribution is 0.0705. The van der Waals surface area contributed by atoms with E-state index in [9.17, 15) is 5.11 Å². The number of hydrogen-bond donors (Lipinski definition) is 2. The fourth-order valence-corrected chi connectivity index (χ4v) is 1.36. The average molecular weight is 208 g/mol. The van der Waals surface area contributed by atoms with Gasteiger partial charge >= 0.3 is 0 Å². The number of aliphatic hydroxyl groups is 1. The summed E-state index contributed by atoms with van der Waals surface area (Å²) in [5.74, 6) is 0. The van der Waals surface area contributed by atoms with Crippen molar-refractivity contribution in [1.82, 2.24) is 10.3 Å². The number of nitrogens with one attached hydrogen (secondary N) is 1. The van der Waals surface area contributed by atoms with Crippen molar-refractivity contribution in [2.75, 3.05) is 6.54 Å². The molecule has 3 heteroatoms. The molecule has 0 saturated heterocycles. The first-order chi connectivity index (χ1) is 6.99. The average Bonchev–Trinajstić information content (AvgIpc) is 2.17. The van der Waals surface area contributed by atoms with E-state index >= 15 is 0 Å². The number of pyridine rings is 1. The first kappa shape index (κ1) is 12.1. The third-order valence-corrected chi connectivity index (χ3v) is 2.39. The molecule has 84 valence electrons. The zero-order chi connectivity index (χ0) is 11.3. The van der Waals surface area contributed by atoms with Gasteiger partial charge in [0.15, 0.2) is 0 Å². The molecule has 0 saturated carbocycles. The van der Waals surface area contributed by atoms with Gasteiger partial charge in [0.1, 0.15) is 0 Å². The Morgan fingerprint density at radius 2 is 2.00 bits per heavy atom. The van der Waals surface area contributed by atoms with Crippen LogP contribution in [0.4, 0.5) is 0 Å². The molecule has 0 bridgehead atoms. The number of aromatic nitrogens is 1. The van der Waals surface area contributed by atoms with E-state index in [1.807, 2.05) is 26.0 Å². The highest BCUT2D eigenvalue weighted by atomic mass is 16.3. The smallest absolute Gasteiger partial charge is 0.0603 e. The van der Waals surface area contributed by atoms with E-state index in [0.717, 1.165) is 13.0 Å². The van der Waals surface area contributed by atoms with Crippen LogP contribution in [0.3, 0.4) is 0 Å². The van der Waals surface area contributed by atoms with Crippen molar-refractivity contribution in [3.8, 4) is 0 Å². The predicted molar refractivity (Wildman–Crippen MR) is 61.6 cm³/mol. The minimum absolute atomic E-state index is 0.301. The molecule has 15 heavy (non-hydrogen) atoms. The van der Waals surface area contributed by atoms with E-state index in [2.05, 4.69) is 17.2 Å². The van der Waals surface area contributed by atoms with Crippen LogP contribution in [0, 0.1) is 0 Å². The van der Waals surface area contributed by atoms with Gasteiger partial charge in [0.25, 0.3) is 0 Å². The SMILES string of the molecule is C[C@H](NCCC(C)(C)O)c1ccncc1. The molecule has 1 aromatic rings. The first-order valence-electron chi connectivity index (χ1n) is 5.35. The van der Waals surface area contributed by atoms with Gasteiger partial charge in [-0.05, 0) is 51.4 Å². The fourth-order valence-electron chi connectivity index (χ4n) is 1.36. The molecule has 0 aliphatic heterocycles. The minimum Gasteiger partial charge on any atom is -0.390 e. The molecule has 2 N–H and O–H groups in total. The summed E-state index contributed by atoms with van der Waals surface area (Å²) >= 11 is 0. The Hall–Kier alpha value is -0.930. The van der Waals surface area contributed by atoms with Gasteiger partial charge in [0, 0.05) is 18.4 Å². The second-order valence-electron chi connectivity index (χ2n) is 4.52. The van der Waals surface area contributed by atoms with E-state index in [-0.39, 0.29) is 0 Å². The van der Waals surface area contributed by atoms with E-state index in [1.54, 1.807) is 12.4 Å². The maximum atomic E-state index is 9.55. The van der Waals surface area contributed by atoms with Gasteiger partial charge in [0.05, 0.1) is 5.60 Å². The maximum absolute atomic E-state index is 9.55. The van der Waals surface area contributed by atoms with Crippen LogP contribution in [0.1, 0.15) is 38.8 Å². The molecule has 0 aliphatic rings. The van der Waals surface area contributed by atoms with E-state index < -0.39 is 5.60 Å². The van der Waals surface area contributed by atoms with Crippen LogP contribution in [0.5, 0.6) is 0 Å². The van der Waals surface area contributed by atoms with E-state index in [4.69, 9.17) is 0 Å². The van der Waals surface area contributed by atoms with Gasteiger partial charge in [-0.2, -0.15) is 0 Å². The summed E-state index contributed by atoms with van der Waals surface area (Å²) < 4.78 is 0. The van der Waals surface area contributed by atoms with E-state index in [1.165, 1.54) is 5.56 Å². The number of nitrogens with zero attached hydrogens (tertiary/aromatic N) is 1. The molecular formula is C12H20N2O. The minimum atomic E-state index is -0.592. The predicted octanol–water partition coefficient (Wildman–Crippen LogP) is 1.89. The Balaban J connectivity index is 2.34. The molecule has 0 spiro atoms. The Morgan fingerprint density at radius 3 is 2.53 bits per heavy atom. The fraction of sp³-hybridized carbons (Fsp3) is 0.583. The number of rotatable bonds is 5. The molecule has 0 unspecified atom stereocenters. The summed E-state index contributed by atoms with van der Waals surface area (Å²) in [6.45, 7) is 6.57. The van der Waals surface area contributed by atoms with Gasteiger partial charge < -0.3 is 10.4 Å².